The third kappa shape index (κ3) is 7.12. The minimum atomic E-state index is -0.294. The zero-order valence-corrected chi connectivity index (χ0v) is 18.5. The standard InChI is InChI=1S/C23H42N2O2/c1-22(2,3)20(26)24-18-11-7-16(8-12-18)15-17-9-13-19(14-10-17)25-21(27)23(4,5)6/h16-19H,7-15H2,1-6H3,(H,24,26)(H,25,27). The fourth-order valence-corrected chi connectivity index (χ4v) is 4.36. The third-order valence-corrected chi connectivity index (χ3v) is 6.39. The monoisotopic (exact) mass is 378 g/mol. The first-order valence-corrected chi connectivity index (χ1v) is 11.1. The van der Waals surface area contributed by atoms with Gasteiger partial charge in [-0.2, -0.15) is 0 Å². The Bertz CT molecular complexity index is 453. The quantitative estimate of drug-likeness (QED) is 0.737. The Labute approximate surface area is 166 Å². The number of amides is 2. The minimum absolute atomic E-state index is 0.182. The molecule has 4 heteroatoms. The van der Waals surface area contributed by atoms with Gasteiger partial charge in [0.25, 0.3) is 0 Å². The number of carbonyl (C=O) groups is 2. The van der Waals surface area contributed by atoms with E-state index in [9.17, 15) is 9.59 Å². The minimum Gasteiger partial charge on any atom is -0.353 e. The molecule has 156 valence electrons. The summed E-state index contributed by atoms with van der Waals surface area (Å²) < 4.78 is 0. The van der Waals surface area contributed by atoms with E-state index >= 15 is 0 Å². The molecule has 0 unspecified atom stereocenters. The molecule has 4 nitrogen and oxygen atoms in total. The van der Waals surface area contributed by atoms with Gasteiger partial charge in [-0.1, -0.05) is 41.5 Å². The first-order chi connectivity index (χ1) is 12.4. The summed E-state index contributed by atoms with van der Waals surface area (Å²) in [6.45, 7) is 11.9. The van der Waals surface area contributed by atoms with Crippen molar-refractivity contribution in [1.82, 2.24) is 10.6 Å². The molecule has 0 aliphatic heterocycles. The predicted molar refractivity (Wildman–Crippen MR) is 111 cm³/mol. The fourth-order valence-electron chi connectivity index (χ4n) is 4.36. The topological polar surface area (TPSA) is 58.2 Å². The summed E-state index contributed by atoms with van der Waals surface area (Å²) in [6, 6.07) is 0.743. The molecule has 0 saturated heterocycles. The van der Waals surface area contributed by atoms with Crippen molar-refractivity contribution in [2.45, 2.75) is 111 Å². The molecular formula is C23H42N2O2. The van der Waals surface area contributed by atoms with Crippen molar-refractivity contribution in [2.75, 3.05) is 0 Å². The lowest BCUT2D eigenvalue weighted by Crippen LogP contribution is -2.44. The van der Waals surface area contributed by atoms with Crippen molar-refractivity contribution >= 4 is 11.8 Å². The van der Waals surface area contributed by atoms with Gasteiger partial charge in [0.15, 0.2) is 0 Å². The molecule has 2 aliphatic rings. The molecule has 0 atom stereocenters. The average Bonchev–Trinajstić information content (AvgIpc) is 2.56. The Morgan fingerprint density at radius 3 is 1.19 bits per heavy atom. The van der Waals surface area contributed by atoms with E-state index in [2.05, 4.69) is 10.6 Å². The van der Waals surface area contributed by atoms with Crippen LogP contribution in [0.1, 0.15) is 99.3 Å². The average molecular weight is 379 g/mol. The molecular weight excluding hydrogens is 336 g/mol. The van der Waals surface area contributed by atoms with Crippen LogP contribution in [0.2, 0.25) is 0 Å². The summed E-state index contributed by atoms with van der Waals surface area (Å²) >= 11 is 0. The molecule has 0 radical (unpaired) electrons. The zero-order valence-electron chi connectivity index (χ0n) is 18.5. The van der Waals surface area contributed by atoms with E-state index in [0.29, 0.717) is 12.1 Å². The van der Waals surface area contributed by atoms with E-state index in [1.165, 1.54) is 32.1 Å². The maximum Gasteiger partial charge on any atom is 0.225 e. The molecule has 2 saturated carbocycles. The van der Waals surface area contributed by atoms with Gasteiger partial charge in [-0.25, -0.2) is 0 Å². The highest BCUT2D eigenvalue weighted by Gasteiger charge is 2.31. The molecule has 0 bridgehead atoms. The van der Waals surface area contributed by atoms with Crippen molar-refractivity contribution in [3.05, 3.63) is 0 Å². The van der Waals surface area contributed by atoms with Gasteiger partial charge in [-0.15, -0.1) is 0 Å². The van der Waals surface area contributed by atoms with Crippen LogP contribution in [0, 0.1) is 22.7 Å². The lowest BCUT2D eigenvalue weighted by molar-refractivity contribution is -0.130. The van der Waals surface area contributed by atoms with E-state index in [0.717, 1.165) is 37.5 Å². The van der Waals surface area contributed by atoms with Gasteiger partial charge >= 0.3 is 0 Å². The molecule has 0 aromatic heterocycles. The van der Waals surface area contributed by atoms with Crippen LogP contribution in [0.3, 0.4) is 0 Å². The summed E-state index contributed by atoms with van der Waals surface area (Å²) in [5.74, 6) is 2.00. The molecule has 2 aliphatic carbocycles. The Morgan fingerprint density at radius 1 is 0.630 bits per heavy atom. The molecule has 2 N–H and O–H groups in total. The van der Waals surface area contributed by atoms with E-state index < -0.39 is 0 Å². The number of hydrogen-bond donors (Lipinski definition) is 2. The van der Waals surface area contributed by atoms with Gasteiger partial charge in [0.05, 0.1) is 0 Å². The first kappa shape index (κ1) is 22.2. The SMILES string of the molecule is CC(C)(C)C(=O)NC1CCC(CC2CCC(NC(=O)C(C)(C)C)CC2)CC1. The molecule has 0 heterocycles. The zero-order chi connectivity index (χ0) is 20.2. The normalized spacial score (nSPS) is 29.9. The van der Waals surface area contributed by atoms with Crippen LogP contribution in [0.4, 0.5) is 0 Å². The summed E-state index contributed by atoms with van der Waals surface area (Å²) in [6.07, 6.45) is 10.8. The largest absolute Gasteiger partial charge is 0.353 e. The summed E-state index contributed by atoms with van der Waals surface area (Å²) in [5.41, 5.74) is -0.588. The van der Waals surface area contributed by atoms with Crippen molar-refractivity contribution in [2.24, 2.45) is 22.7 Å². The lowest BCUT2D eigenvalue weighted by atomic mass is 9.75. The molecule has 27 heavy (non-hydrogen) atoms. The third-order valence-electron chi connectivity index (χ3n) is 6.39. The van der Waals surface area contributed by atoms with Gasteiger partial charge in [0.1, 0.15) is 0 Å². The molecule has 2 rings (SSSR count). The van der Waals surface area contributed by atoms with Crippen LogP contribution < -0.4 is 10.6 Å². The van der Waals surface area contributed by atoms with Crippen LogP contribution in [0.25, 0.3) is 0 Å². The Kier molecular flexibility index (Phi) is 7.38. The Hall–Kier alpha value is -1.06. The summed E-state index contributed by atoms with van der Waals surface area (Å²) in [4.78, 5) is 24.3. The molecule has 0 aromatic carbocycles. The highest BCUT2D eigenvalue weighted by atomic mass is 16.2. The fraction of sp³-hybridized carbons (Fsp3) is 0.913. The lowest BCUT2D eigenvalue weighted by Gasteiger charge is -2.35. The number of hydrogen-bond acceptors (Lipinski definition) is 2. The second kappa shape index (κ2) is 8.96. The van der Waals surface area contributed by atoms with Gasteiger partial charge in [-0.05, 0) is 69.6 Å². The molecule has 2 fully saturated rings. The molecule has 0 spiro atoms. The molecule has 2 amide bonds. The molecule has 0 aromatic rings. The van der Waals surface area contributed by atoms with Gasteiger partial charge in [0, 0.05) is 22.9 Å². The van der Waals surface area contributed by atoms with Crippen LogP contribution in [0.15, 0.2) is 0 Å². The van der Waals surface area contributed by atoms with Crippen molar-refractivity contribution in [1.29, 1.82) is 0 Å². The Balaban J connectivity index is 1.66. The second-order valence-corrected chi connectivity index (χ2v) is 11.1. The smallest absolute Gasteiger partial charge is 0.225 e. The maximum atomic E-state index is 12.2. The van der Waals surface area contributed by atoms with Crippen LogP contribution in [-0.2, 0) is 9.59 Å². The van der Waals surface area contributed by atoms with Crippen LogP contribution in [0.5, 0.6) is 0 Å². The Morgan fingerprint density at radius 2 is 0.926 bits per heavy atom. The van der Waals surface area contributed by atoms with Crippen molar-refractivity contribution in [3.8, 4) is 0 Å². The number of nitrogens with one attached hydrogen (secondary N) is 2. The maximum absolute atomic E-state index is 12.2. The predicted octanol–water partition coefficient (Wildman–Crippen LogP) is 4.82. The number of carbonyl (C=O) groups excluding carboxylic acids is 2. The van der Waals surface area contributed by atoms with Crippen molar-refractivity contribution < 1.29 is 9.59 Å². The number of rotatable bonds is 4. The van der Waals surface area contributed by atoms with Gasteiger partial charge in [-0.3, -0.25) is 9.59 Å². The van der Waals surface area contributed by atoms with Crippen molar-refractivity contribution in [3.63, 3.8) is 0 Å². The summed E-state index contributed by atoms with van der Waals surface area (Å²) in [5, 5.41) is 6.48. The van der Waals surface area contributed by atoms with E-state index in [1.54, 1.807) is 0 Å². The van der Waals surface area contributed by atoms with Crippen LogP contribution >= 0.6 is 0 Å². The van der Waals surface area contributed by atoms with Gasteiger partial charge < -0.3 is 10.6 Å². The second-order valence-electron chi connectivity index (χ2n) is 11.1. The highest BCUT2D eigenvalue weighted by molar-refractivity contribution is 5.82. The van der Waals surface area contributed by atoms with Crippen LogP contribution in [-0.4, -0.2) is 23.9 Å². The van der Waals surface area contributed by atoms with E-state index in [-0.39, 0.29) is 22.6 Å². The highest BCUT2D eigenvalue weighted by Crippen LogP contribution is 2.35. The van der Waals surface area contributed by atoms with Gasteiger partial charge in [0.2, 0.25) is 11.8 Å². The van der Waals surface area contributed by atoms with E-state index in [4.69, 9.17) is 0 Å². The van der Waals surface area contributed by atoms with E-state index in [1.807, 2.05) is 41.5 Å². The summed E-state index contributed by atoms with van der Waals surface area (Å²) in [7, 11) is 0. The first-order valence-electron chi connectivity index (χ1n) is 11.1.